The van der Waals surface area contributed by atoms with E-state index in [9.17, 15) is 0 Å². The van der Waals surface area contributed by atoms with Crippen molar-refractivity contribution in [1.82, 2.24) is 9.13 Å². The number of hydrogen-bond donors (Lipinski definition) is 0. The molecule has 3 nitrogen and oxygen atoms in total. The maximum atomic E-state index is 6.13. The largest absolute Gasteiger partial charge is 0.456 e. The van der Waals surface area contributed by atoms with Gasteiger partial charge in [0, 0.05) is 43.7 Å². The second kappa shape index (κ2) is 10.8. The van der Waals surface area contributed by atoms with E-state index in [1.807, 2.05) is 12.1 Å². The predicted octanol–water partition coefficient (Wildman–Crippen LogP) is 13.1. The van der Waals surface area contributed by atoms with Crippen LogP contribution in [0.4, 0.5) is 0 Å². The fourth-order valence-corrected chi connectivity index (χ4v) is 8.17. The van der Waals surface area contributed by atoms with Crippen LogP contribution in [0.2, 0.25) is 0 Å². The third-order valence-corrected chi connectivity index (χ3v) is 10.5. The molecule has 3 heteroatoms. The van der Waals surface area contributed by atoms with E-state index in [-0.39, 0.29) is 0 Å². The van der Waals surface area contributed by atoms with Crippen molar-refractivity contribution in [1.29, 1.82) is 0 Å². The van der Waals surface area contributed by atoms with Crippen LogP contribution in [0.1, 0.15) is 0 Å². The van der Waals surface area contributed by atoms with Crippen LogP contribution in [0.25, 0.3) is 99.2 Å². The topological polar surface area (TPSA) is 23.0 Å². The number of nitrogens with zero attached hydrogens (tertiary/aromatic N) is 2. The van der Waals surface area contributed by atoms with Crippen LogP contribution in [0.3, 0.4) is 0 Å². The van der Waals surface area contributed by atoms with Gasteiger partial charge in [-0.3, -0.25) is 0 Å². The van der Waals surface area contributed by atoms with E-state index in [1.54, 1.807) is 0 Å². The molecule has 0 fully saturated rings. The Hall–Kier alpha value is -6.84. The summed E-state index contributed by atoms with van der Waals surface area (Å²) in [7, 11) is 0. The van der Waals surface area contributed by atoms with Gasteiger partial charge >= 0.3 is 0 Å². The van der Waals surface area contributed by atoms with Crippen molar-refractivity contribution in [2.45, 2.75) is 0 Å². The average molecular weight is 651 g/mol. The second-order valence-electron chi connectivity index (χ2n) is 13.4. The number of furan rings is 1. The van der Waals surface area contributed by atoms with Crippen LogP contribution in [-0.4, -0.2) is 9.13 Å². The van der Waals surface area contributed by atoms with Crippen molar-refractivity contribution < 1.29 is 4.42 Å². The Labute approximate surface area is 293 Å². The molecule has 0 N–H and O–H groups in total. The zero-order valence-electron chi connectivity index (χ0n) is 27.6. The predicted molar refractivity (Wildman–Crippen MR) is 213 cm³/mol. The highest BCUT2D eigenvalue weighted by molar-refractivity contribution is 6.12. The summed E-state index contributed by atoms with van der Waals surface area (Å²) < 4.78 is 10.9. The highest BCUT2D eigenvalue weighted by Gasteiger charge is 2.17. The Morgan fingerprint density at radius 2 is 0.804 bits per heavy atom. The van der Waals surface area contributed by atoms with Crippen molar-refractivity contribution >= 4 is 65.6 Å². The van der Waals surface area contributed by atoms with Crippen molar-refractivity contribution in [3.63, 3.8) is 0 Å². The van der Waals surface area contributed by atoms with Gasteiger partial charge < -0.3 is 13.6 Å². The van der Waals surface area contributed by atoms with Crippen molar-refractivity contribution in [2.24, 2.45) is 0 Å². The Morgan fingerprint density at radius 3 is 1.63 bits per heavy atom. The lowest BCUT2D eigenvalue weighted by Crippen LogP contribution is -1.94. The molecular formula is C48H30N2O. The molecule has 0 spiro atoms. The quantitative estimate of drug-likeness (QED) is 0.186. The number of rotatable bonds is 4. The molecule has 11 rings (SSSR count). The number of para-hydroxylation sites is 4. The molecule has 0 radical (unpaired) electrons. The van der Waals surface area contributed by atoms with Crippen molar-refractivity contribution in [3.05, 3.63) is 182 Å². The normalized spacial score (nSPS) is 11.9. The molecule has 0 saturated carbocycles. The molecular weight excluding hydrogens is 621 g/mol. The van der Waals surface area contributed by atoms with E-state index < -0.39 is 0 Å². The minimum Gasteiger partial charge on any atom is -0.456 e. The number of fused-ring (bicyclic) bond motifs is 9. The fraction of sp³-hybridized carbons (Fsp3) is 0. The molecule has 0 amide bonds. The number of hydrogen-bond acceptors (Lipinski definition) is 1. The summed E-state index contributed by atoms with van der Waals surface area (Å²) in [4.78, 5) is 0. The highest BCUT2D eigenvalue weighted by atomic mass is 16.3. The SMILES string of the molecule is c1ccc(-n2c3ccccc3c3cc(-c4ccc5c6ccccc6n(-c6cccc(-c7ccc8oc9ccccc9c8c7)c6)c5c4)ccc32)cc1. The maximum Gasteiger partial charge on any atom is 0.135 e. The van der Waals surface area contributed by atoms with Crippen LogP contribution >= 0.6 is 0 Å². The first-order chi connectivity index (χ1) is 25.3. The lowest BCUT2D eigenvalue weighted by Gasteiger charge is -2.12. The third kappa shape index (κ3) is 4.25. The van der Waals surface area contributed by atoms with E-state index in [4.69, 9.17) is 4.42 Å². The van der Waals surface area contributed by atoms with Crippen LogP contribution in [0, 0.1) is 0 Å². The van der Waals surface area contributed by atoms with Crippen LogP contribution in [0.15, 0.2) is 186 Å². The first-order valence-corrected chi connectivity index (χ1v) is 17.4. The summed E-state index contributed by atoms with van der Waals surface area (Å²) in [6, 6.07) is 65.6. The van der Waals surface area contributed by atoms with E-state index >= 15 is 0 Å². The van der Waals surface area contributed by atoms with E-state index in [0.29, 0.717) is 0 Å². The van der Waals surface area contributed by atoms with Crippen LogP contribution < -0.4 is 0 Å². The summed E-state index contributed by atoms with van der Waals surface area (Å²) in [6.07, 6.45) is 0. The Balaban J connectivity index is 1.08. The zero-order valence-corrected chi connectivity index (χ0v) is 27.6. The minimum atomic E-state index is 0.911. The molecule has 238 valence electrons. The third-order valence-electron chi connectivity index (χ3n) is 10.5. The van der Waals surface area contributed by atoms with E-state index in [1.165, 1.54) is 71.6 Å². The van der Waals surface area contributed by atoms with Gasteiger partial charge in [-0.05, 0) is 95.1 Å². The smallest absolute Gasteiger partial charge is 0.135 e. The Morgan fingerprint density at radius 1 is 0.275 bits per heavy atom. The molecule has 11 aromatic rings. The summed E-state index contributed by atoms with van der Waals surface area (Å²) >= 11 is 0. The average Bonchev–Trinajstić information content (AvgIpc) is 3.85. The standard InChI is InChI=1S/C48H30N2O/c1-2-12-35(13-3-1)49-44-19-8-5-16-38(44)41-28-32(22-25-45(41)49)34-21-24-39-37-15-4-7-18-43(37)50(46(39)30-34)36-14-10-11-31(27-36)33-23-26-48-42(29-33)40-17-6-9-20-47(40)51-48/h1-30H. The summed E-state index contributed by atoms with van der Waals surface area (Å²) in [5.41, 5.74) is 13.7. The molecule has 0 bridgehead atoms. The van der Waals surface area contributed by atoms with Gasteiger partial charge in [0.15, 0.2) is 0 Å². The molecule has 0 aliphatic rings. The Kier molecular flexibility index (Phi) is 5.96. The zero-order chi connectivity index (χ0) is 33.5. The van der Waals surface area contributed by atoms with Crippen LogP contribution in [0.5, 0.6) is 0 Å². The fourth-order valence-electron chi connectivity index (χ4n) is 8.17. The molecule has 3 heterocycles. The van der Waals surface area contributed by atoms with Gasteiger partial charge in [-0.25, -0.2) is 0 Å². The molecule has 0 atom stereocenters. The molecule has 0 aliphatic carbocycles. The first-order valence-electron chi connectivity index (χ1n) is 17.4. The van der Waals surface area contributed by atoms with Gasteiger partial charge in [-0.15, -0.1) is 0 Å². The van der Waals surface area contributed by atoms with Crippen molar-refractivity contribution in [3.8, 4) is 33.6 Å². The van der Waals surface area contributed by atoms with Gasteiger partial charge in [0.05, 0.1) is 22.1 Å². The molecule has 3 aromatic heterocycles. The lowest BCUT2D eigenvalue weighted by molar-refractivity contribution is 0.669. The second-order valence-corrected chi connectivity index (χ2v) is 13.4. The lowest BCUT2D eigenvalue weighted by atomic mass is 10.0. The summed E-state index contributed by atoms with van der Waals surface area (Å²) in [5.74, 6) is 0. The van der Waals surface area contributed by atoms with Crippen LogP contribution in [-0.2, 0) is 0 Å². The van der Waals surface area contributed by atoms with E-state index in [2.05, 4.69) is 179 Å². The molecule has 0 aliphatic heterocycles. The summed E-state index contributed by atoms with van der Waals surface area (Å²) in [5, 5.41) is 7.28. The Bertz CT molecular complexity index is 3140. The number of aromatic nitrogens is 2. The van der Waals surface area contributed by atoms with Gasteiger partial charge in [-0.1, -0.05) is 109 Å². The monoisotopic (exact) mass is 650 g/mol. The van der Waals surface area contributed by atoms with Gasteiger partial charge in [0.2, 0.25) is 0 Å². The molecule has 0 unspecified atom stereocenters. The van der Waals surface area contributed by atoms with Gasteiger partial charge in [-0.2, -0.15) is 0 Å². The molecule has 8 aromatic carbocycles. The molecule has 0 saturated heterocycles. The van der Waals surface area contributed by atoms with Gasteiger partial charge in [0.25, 0.3) is 0 Å². The minimum absolute atomic E-state index is 0.911. The number of benzene rings is 8. The van der Waals surface area contributed by atoms with E-state index in [0.717, 1.165) is 27.6 Å². The molecule has 51 heavy (non-hydrogen) atoms. The summed E-state index contributed by atoms with van der Waals surface area (Å²) in [6.45, 7) is 0. The maximum absolute atomic E-state index is 6.13. The highest BCUT2D eigenvalue weighted by Crippen LogP contribution is 2.39. The van der Waals surface area contributed by atoms with Crippen molar-refractivity contribution in [2.75, 3.05) is 0 Å². The van der Waals surface area contributed by atoms with Gasteiger partial charge in [0.1, 0.15) is 11.2 Å². The first kappa shape index (κ1) is 28.0.